The van der Waals surface area contributed by atoms with Gasteiger partial charge in [-0.25, -0.2) is 14.8 Å². The molecule has 0 fully saturated rings. The number of alkyl halides is 2. The Morgan fingerprint density at radius 1 is 1.15 bits per heavy atom. The molecule has 1 aliphatic heterocycles. The number of cyclic esters (lactones) is 1. The number of thiazole rings is 1. The lowest BCUT2D eigenvalue weighted by Crippen LogP contribution is -2.22. The second kappa shape index (κ2) is 9.52. The first-order valence-electron chi connectivity index (χ1n) is 10.1. The fourth-order valence-electron chi connectivity index (χ4n) is 3.19. The van der Waals surface area contributed by atoms with Gasteiger partial charge < -0.3 is 9.47 Å². The van der Waals surface area contributed by atoms with Crippen molar-refractivity contribution in [2.45, 2.75) is 27.4 Å². The normalized spacial score (nSPS) is 14.4. The maximum absolute atomic E-state index is 12.4. The molecule has 1 amide bonds. The van der Waals surface area contributed by atoms with Crippen LogP contribution in [-0.4, -0.2) is 29.4 Å². The van der Waals surface area contributed by atoms with Gasteiger partial charge in [-0.3, -0.25) is 9.69 Å². The number of hydrogen-bond donors (Lipinski definition) is 0. The molecular weight excluding hydrogens is 464 g/mol. The van der Waals surface area contributed by atoms with Crippen molar-refractivity contribution < 1.29 is 27.8 Å². The Morgan fingerprint density at radius 3 is 2.53 bits per heavy atom. The minimum atomic E-state index is -2.93. The maximum atomic E-state index is 12.4. The Hall–Kier alpha value is -3.92. The number of aryl methyl sites for hydroxylation is 2. The van der Waals surface area contributed by atoms with Gasteiger partial charge in [0.05, 0.1) is 11.4 Å². The first-order chi connectivity index (χ1) is 16.2. The average molecular weight is 483 g/mol. The largest absolute Gasteiger partial charge is 0.435 e. The Balaban J connectivity index is 1.58. The highest BCUT2D eigenvalue weighted by atomic mass is 32.1. The molecule has 1 aromatic heterocycles. The summed E-state index contributed by atoms with van der Waals surface area (Å²) in [6.07, 6.45) is 1.46. The number of benzene rings is 2. The minimum Gasteiger partial charge on any atom is -0.435 e. The van der Waals surface area contributed by atoms with Crippen LogP contribution in [0.2, 0.25) is 0 Å². The number of anilines is 2. The maximum Gasteiger partial charge on any atom is 0.387 e. The third kappa shape index (κ3) is 5.01. The highest BCUT2D eigenvalue weighted by Gasteiger charge is 2.25. The van der Waals surface area contributed by atoms with E-state index in [2.05, 4.69) is 14.7 Å². The van der Waals surface area contributed by atoms with Gasteiger partial charge in [-0.1, -0.05) is 6.07 Å². The van der Waals surface area contributed by atoms with Crippen molar-refractivity contribution in [1.82, 2.24) is 4.98 Å². The summed E-state index contributed by atoms with van der Waals surface area (Å²) in [5.41, 5.74) is 3.75. The topological polar surface area (TPSA) is 81.1 Å². The van der Waals surface area contributed by atoms with Crippen LogP contribution >= 0.6 is 11.3 Å². The molecule has 3 aromatic rings. The van der Waals surface area contributed by atoms with Crippen molar-refractivity contribution >= 4 is 46.0 Å². The number of amides is 1. The zero-order valence-corrected chi connectivity index (χ0v) is 19.2. The van der Waals surface area contributed by atoms with Crippen molar-refractivity contribution in [3.05, 3.63) is 75.9 Å². The number of rotatable bonds is 6. The summed E-state index contributed by atoms with van der Waals surface area (Å²) < 4.78 is 34.1. The quantitative estimate of drug-likeness (QED) is 0.347. The molecule has 0 N–H and O–H groups in total. The summed E-state index contributed by atoms with van der Waals surface area (Å²) >= 11 is 1.25. The van der Waals surface area contributed by atoms with Crippen molar-refractivity contribution in [2.75, 3.05) is 4.90 Å². The van der Waals surface area contributed by atoms with E-state index in [1.54, 1.807) is 5.38 Å². The molecule has 0 unspecified atom stereocenters. The number of nitrogens with zero attached hydrogens (tertiary/aromatic N) is 3. The van der Waals surface area contributed by atoms with Gasteiger partial charge in [0.2, 0.25) is 11.8 Å². The van der Waals surface area contributed by atoms with Gasteiger partial charge >= 0.3 is 12.6 Å². The molecule has 0 bridgehead atoms. The van der Waals surface area contributed by atoms with Crippen molar-refractivity contribution in [1.29, 1.82) is 0 Å². The van der Waals surface area contributed by atoms with Crippen molar-refractivity contribution in [2.24, 2.45) is 4.99 Å². The van der Waals surface area contributed by atoms with Gasteiger partial charge in [0.15, 0.2) is 10.8 Å². The molecule has 174 valence electrons. The van der Waals surface area contributed by atoms with Crippen LogP contribution in [0.4, 0.5) is 19.6 Å². The number of aliphatic imine (C=N–C) groups is 1. The second-order valence-electron chi connectivity index (χ2n) is 7.42. The van der Waals surface area contributed by atoms with E-state index in [4.69, 9.17) is 4.74 Å². The number of hydrogen-bond acceptors (Lipinski definition) is 7. The number of carbonyl (C=O) groups is 2. The fraction of sp³-hybridized carbons (Fsp3) is 0.167. The van der Waals surface area contributed by atoms with Crippen LogP contribution in [0.3, 0.4) is 0 Å². The third-order valence-electron chi connectivity index (χ3n) is 5.00. The molecule has 2 aromatic carbocycles. The molecule has 0 aliphatic carbocycles. The van der Waals surface area contributed by atoms with Crippen LogP contribution < -0.4 is 9.64 Å². The number of aromatic nitrogens is 1. The van der Waals surface area contributed by atoms with Gasteiger partial charge in [0.25, 0.3) is 0 Å². The van der Waals surface area contributed by atoms with Gasteiger partial charge in [-0.15, -0.1) is 11.3 Å². The van der Waals surface area contributed by atoms with Gasteiger partial charge in [0.1, 0.15) is 5.75 Å². The van der Waals surface area contributed by atoms with Gasteiger partial charge in [-0.05, 0) is 67.4 Å². The predicted octanol–water partition coefficient (Wildman–Crippen LogP) is 5.39. The Morgan fingerprint density at radius 2 is 1.88 bits per heavy atom. The summed E-state index contributed by atoms with van der Waals surface area (Å²) in [5.74, 6) is -0.851. The summed E-state index contributed by atoms with van der Waals surface area (Å²) in [4.78, 5) is 34.8. The second-order valence-corrected chi connectivity index (χ2v) is 8.25. The molecule has 0 saturated heterocycles. The van der Waals surface area contributed by atoms with Crippen LogP contribution in [0.15, 0.2) is 58.5 Å². The van der Waals surface area contributed by atoms with E-state index in [0.717, 1.165) is 11.1 Å². The molecule has 1 aliphatic rings. The fourth-order valence-corrected chi connectivity index (χ4v) is 4.03. The molecule has 34 heavy (non-hydrogen) atoms. The molecule has 0 radical (unpaired) electrons. The van der Waals surface area contributed by atoms with E-state index in [0.29, 0.717) is 22.1 Å². The third-order valence-corrected chi connectivity index (χ3v) is 5.84. The SMILES string of the molecule is CC(=O)N(c1ccc(C)c(C)c1)c1nc(/C=C2\N=C(c3ccc(OC(F)F)cc3)OC2=O)cs1. The lowest BCUT2D eigenvalue weighted by molar-refractivity contribution is -0.130. The molecule has 0 spiro atoms. The molecule has 4 rings (SSSR count). The number of ether oxygens (including phenoxy) is 2. The first kappa shape index (κ1) is 23.2. The molecule has 0 saturated carbocycles. The van der Waals surface area contributed by atoms with E-state index in [1.165, 1.54) is 53.5 Å². The standard InChI is InChI=1S/C24H19F2N3O4S/c1-13-4-7-18(10-14(13)2)29(15(3)30)24-27-17(12-34-24)11-20-22(31)33-21(28-20)16-5-8-19(9-6-16)32-23(25)26/h4-12,23H,1-3H3/b20-11-. The highest BCUT2D eigenvalue weighted by molar-refractivity contribution is 7.14. The summed E-state index contributed by atoms with van der Waals surface area (Å²) in [6.45, 7) is 2.48. The molecule has 7 nitrogen and oxygen atoms in total. The van der Waals surface area contributed by atoms with Crippen LogP contribution in [0.25, 0.3) is 6.08 Å². The Kier molecular flexibility index (Phi) is 6.51. The molecule has 10 heteroatoms. The summed E-state index contributed by atoms with van der Waals surface area (Å²) in [7, 11) is 0. The Labute approximate surface area is 198 Å². The van der Waals surface area contributed by atoms with E-state index in [9.17, 15) is 18.4 Å². The molecule has 2 heterocycles. The van der Waals surface area contributed by atoms with E-state index < -0.39 is 12.6 Å². The smallest absolute Gasteiger partial charge is 0.387 e. The minimum absolute atomic E-state index is 0.0202. The van der Waals surface area contributed by atoms with Crippen LogP contribution in [0.1, 0.15) is 29.3 Å². The zero-order chi connectivity index (χ0) is 24.4. The van der Waals surface area contributed by atoms with Crippen LogP contribution in [0, 0.1) is 13.8 Å². The van der Waals surface area contributed by atoms with Crippen LogP contribution in [0.5, 0.6) is 5.75 Å². The number of carbonyl (C=O) groups excluding carboxylic acids is 2. The first-order valence-corrected chi connectivity index (χ1v) is 11.0. The van der Waals surface area contributed by atoms with Crippen LogP contribution in [-0.2, 0) is 14.3 Å². The summed E-state index contributed by atoms with van der Waals surface area (Å²) in [6, 6.07) is 11.3. The molecular formula is C24H19F2N3O4S. The average Bonchev–Trinajstić information content (AvgIpc) is 3.38. The van der Waals surface area contributed by atoms with Gasteiger partial charge in [-0.2, -0.15) is 8.78 Å². The summed E-state index contributed by atoms with van der Waals surface area (Å²) in [5, 5.41) is 2.16. The predicted molar refractivity (Wildman–Crippen MR) is 125 cm³/mol. The van der Waals surface area contributed by atoms with E-state index in [-0.39, 0.29) is 23.3 Å². The van der Waals surface area contributed by atoms with Gasteiger partial charge in [0, 0.05) is 17.9 Å². The monoisotopic (exact) mass is 483 g/mol. The zero-order valence-electron chi connectivity index (χ0n) is 18.4. The van der Waals surface area contributed by atoms with Crippen molar-refractivity contribution in [3.8, 4) is 5.75 Å². The molecule has 0 atom stereocenters. The Bertz CT molecular complexity index is 1320. The van der Waals surface area contributed by atoms with Crippen molar-refractivity contribution in [3.63, 3.8) is 0 Å². The van der Waals surface area contributed by atoms with E-state index in [1.807, 2.05) is 32.0 Å². The lowest BCUT2D eigenvalue weighted by Gasteiger charge is -2.19. The van der Waals surface area contributed by atoms with E-state index >= 15 is 0 Å². The number of esters is 1. The lowest BCUT2D eigenvalue weighted by atomic mass is 10.1. The highest BCUT2D eigenvalue weighted by Crippen LogP contribution is 2.31. The number of halogens is 2.